The minimum Gasteiger partial charge on any atom is -0.382 e. The summed E-state index contributed by atoms with van der Waals surface area (Å²) in [6.07, 6.45) is 8.86. The van der Waals surface area contributed by atoms with Gasteiger partial charge in [0.15, 0.2) is 5.96 Å². The third kappa shape index (κ3) is 6.35. The number of guanidine groups is 1. The maximum absolute atomic E-state index is 9.47. The molecule has 0 aliphatic heterocycles. The molecule has 7 nitrogen and oxygen atoms in total. The summed E-state index contributed by atoms with van der Waals surface area (Å²) in [4.78, 5) is 4.44. The normalized spacial score (nSPS) is 15.2. The maximum Gasteiger partial charge on any atom is 0.188 e. The van der Waals surface area contributed by atoms with Crippen LogP contribution in [-0.2, 0) is 6.42 Å². The van der Waals surface area contributed by atoms with Crippen molar-refractivity contribution in [3.63, 3.8) is 0 Å². The summed E-state index contributed by atoms with van der Waals surface area (Å²) in [5, 5.41) is 17.4. The molecule has 29 heavy (non-hydrogen) atoms. The number of nitrogens with zero attached hydrogens (tertiary/aromatic N) is 4. The van der Waals surface area contributed by atoms with Gasteiger partial charge in [-0.3, -0.25) is 4.99 Å². The number of hydrogen-bond acceptors (Lipinski definition) is 4. The second kappa shape index (κ2) is 11.7. The van der Waals surface area contributed by atoms with E-state index in [-0.39, 0.29) is 24.0 Å². The number of nitrogens with one attached hydrogen (secondary N) is 1. The maximum atomic E-state index is 9.47. The third-order valence-corrected chi connectivity index (χ3v) is 5.17. The van der Waals surface area contributed by atoms with Crippen molar-refractivity contribution in [1.82, 2.24) is 15.1 Å². The second-order valence-electron chi connectivity index (χ2n) is 7.27. The smallest absolute Gasteiger partial charge is 0.188 e. The molecular formula is C21H30IN7. The zero-order valence-electron chi connectivity index (χ0n) is 16.7. The SMILES string of the molecule is I.N#Cc1c(CCCN=C(N)NC2CCCCCC2)nn(-c2ccccc2)c1N. The van der Waals surface area contributed by atoms with Crippen LogP contribution in [-0.4, -0.2) is 28.3 Å². The Morgan fingerprint density at radius 1 is 1.21 bits per heavy atom. The number of halogens is 1. The number of hydrogen-bond donors (Lipinski definition) is 3. The summed E-state index contributed by atoms with van der Waals surface area (Å²) in [6.45, 7) is 0.592. The summed E-state index contributed by atoms with van der Waals surface area (Å²) >= 11 is 0. The quantitative estimate of drug-likeness (QED) is 0.182. The highest BCUT2D eigenvalue weighted by Crippen LogP contribution is 2.21. The number of anilines is 1. The first-order valence-corrected chi connectivity index (χ1v) is 10.1. The van der Waals surface area contributed by atoms with Crippen molar-refractivity contribution < 1.29 is 0 Å². The Hall–Kier alpha value is -2.28. The molecule has 5 N–H and O–H groups in total. The predicted octanol–water partition coefficient (Wildman–Crippen LogP) is 3.50. The summed E-state index contributed by atoms with van der Waals surface area (Å²) in [6, 6.07) is 12.2. The lowest BCUT2D eigenvalue weighted by Gasteiger charge is -2.16. The molecule has 1 aromatic heterocycles. The molecule has 156 valence electrons. The van der Waals surface area contributed by atoms with Gasteiger partial charge in [-0.25, -0.2) is 4.68 Å². The zero-order valence-corrected chi connectivity index (χ0v) is 19.0. The van der Waals surface area contributed by atoms with E-state index in [1.165, 1.54) is 25.7 Å². The Labute approximate surface area is 189 Å². The fraction of sp³-hybridized carbons (Fsp3) is 0.476. The fourth-order valence-electron chi connectivity index (χ4n) is 3.67. The molecule has 1 saturated carbocycles. The van der Waals surface area contributed by atoms with E-state index in [1.807, 2.05) is 30.3 Å². The molecule has 1 aliphatic carbocycles. The highest BCUT2D eigenvalue weighted by atomic mass is 127. The fourth-order valence-corrected chi connectivity index (χ4v) is 3.67. The molecule has 2 aromatic rings. The van der Waals surface area contributed by atoms with E-state index in [1.54, 1.807) is 4.68 Å². The van der Waals surface area contributed by atoms with Crippen LogP contribution in [0.2, 0.25) is 0 Å². The molecule has 0 spiro atoms. The number of para-hydroxylation sites is 1. The molecule has 1 aromatic carbocycles. The molecule has 1 heterocycles. The number of nitrogen functional groups attached to an aromatic ring is 1. The van der Waals surface area contributed by atoms with Crippen molar-refractivity contribution in [2.24, 2.45) is 10.7 Å². The van der Waals surface area contributed by atoms with Gasteiger partial charge in [0, 0.05) is 12.6 Å². The molecule has 1 aliphatic rings. The number of rotatable bonds is 6. The minimum atomic E-state index is 0. The van der Waals surface area contributed by atoms with E-state index in [0.717, 1.165) is 24.9 Å². The molecule has 3 rings (SSSR count). The largest absolute Gasteiger partial charge is 0.382 e. The van der Waals surface area contributed by atoms with Gasteiger partial charge in [0.05, 0.1) is 11.4 Å². The van der Waals surface area contributed by atoms with Crippen LogP contribution in [0.1, 0.15) is 56.2 Å². The Bertz CT molecular complexity index is 831. The monoisotopic (exact) mass is 507 g/mol. The van der Waals surface area contributed by atoms with Gasteiger partial charge in [0.1, 0.15) is 17.5 Å². The number of aliphatic imine (C=N–C) groups is 1. The van der Waals surface area contributed by atoms with Crippen LogP contribution >= 0.6 is 24.0 Å². The highest BCUT2D eigenvalue weighted by molar-refractivity contribution is 14.0. The molecule has 0 amide bonds. The average Bonchev–Trinajstić information content (AvgIpc) is 2.85. The van der Waals surface area contributed by atoms with Crippen LogP contribution in [0.4, 0.5) is 5.82 Å². The first kappa shape index (κ1) is 23.0. The van der Waals surface area contributed by atoms with Gasteiger partial charge in [-0.15, -0.1) is 24.0 Å². The summed E-state index contributed by atoms with van der Waals surface area (Å²) in [5.74, 6) is 0.892. The van der Waals surface area contributed by atoms with Crippen molar-refractivity contribution in [1.29, 1.82) is 5.26 Å². The van der Waals surface area contributed by atoms with E-state index < -0.39 is 0 Å². The lowest BCUT2D eigenvalue weighted by Crippen LogP contribution is -2.39. The van der Waals surface area contributed by atoms with Gasteiger partial charge in [0.25, 0.3) is 0 Å². The summed E-state index contributed by atoms with van der Waals surface area (Å²) in [5.41, 5.74) is 14.2. The molecule has 0 saturated heterocycles. The Kier molecular flexibility index (Phi) is 9.25. The number of nitrogens with two attached hydrogens (primary N) is 2. The molecule has 0 radical (unpaired) electrons. The van der Waals surface area contributed by atoms with Crippen LogP contribution in [0.3, 0.4) is 0 Å². The first-order chi connectivity index (χ1) is 13.7. The molecular weight excluding hydrogens is 477 g/mol. The van der Waals surface area contributed by atoms with Crippen LogP contribution in [0.5, 0.6) is 0 Å². The van der Waals surface area contributed by atoms with Crippen molar-refractivity contribution in [2.75, 3.05) is 12.3 Å². The molecule has 0 unspecified atom stereocenters. The number of aryl methyl sites for hydroxylation is 1. The zero-order chi connectivity index (χ0) is 19.8. The van der Waals surface area contributed by atoms with E-state index in [9.17, 15) is 5.26 Å². The van der Waals surface area contributed by atoms with Crippen molar-refractivity contribution in [2.45, 2.75) is 57.4 Å². The Morgan fingerprint density at radius 3 is 2.55 bits per heavy atom. The van der Waals surface area contributed by atoms with E-state index in [0.29, 0.717) is 42.0 Å². The minimum absolute atomic E-state index is 0. The Balaban J connectivity index is 0.00000300. The lowest BCUT2D eigenvalue weighted by molar-refractivity contribution is 0.530. The summed E-state index contributed by atoms with van der Waals surface area (Å²) in [7, 11) is 0. The lowest BCUT2D eigenvalue weighted by atomic mass is 10.1. The van der Waals surface area contributed by atoms with Crippen molar-refractivity contribution >= 4 is 35.8 Å². The Morgan fingerprint density at radius 2 is 1.90 bits per heavy atom. The van der Waals surface area contributed by atoms with Gasteiger partial charge in [-0.05, 0) is 37.8 Å². The standard InChI is InChI=1S/C21H29N7.HI/c22-15-18-19(27-28(20(18)23)17-11-6-3-7-12-17)13-8-14-25-21(24)26-16-9-4-1-2-5-10-16;/h3,6-7,11-12,16H,1-2,4-5,8-10,13-14,23H2,(H3,24,25,26);1H. The molecule has 0 bridgehead atoms. The van der Waals surface area contributed by atoms with E-state index >= 15 is 0 Å². The number of aromatic nitrogens is 2. The van der Waals surface area contributed by atoms with Crippen molar-refractivity contribution in [3.05, 3.63) is 41.6 Å². The van der Waals surface area contributed by atoms with E-state index in [2.05, 4.69) is 21.5 Å². The third-order valence-electron chi connectivity index (χ3n) is 5.17. The second-order valence-corrected chi connectivity index (χ2v) is 7.27. The van der Waals surface area contributed by atoms with Crippen LogP contribution in [0.15, 0.2) is 35.3 Å². The van der Waals surface area contributed by atoms with Crippen molar-refractivity contribution in [3.8, 4) is 11.8 Å². The van der Waals surface area contributed by atoms with E-state index in [4.69, 9.17) is 11.5 Å². The summed E-state index contributed by atoms with van der Waals surface area (Å²) < 4.78 is 1.62. The predicted molar refractivity (Wildman–Crippen MR) is 128 cm³/mol. The number of benzene rings is 1. The highest BCUT2D eigenvalue weighted by Gasteiger charge is 2.16. The van der Waals surface area contributed by atoms with Crippen LogP contribution in [0, 0.1) is 11.3 Å². The molecule has 8 heteroatoms. The molecule has 0 atom stereocenters. The number of nitriles is 1. The average molecular weight is 507 g/mol. The first-order valence-electron chi connectivity index (χ1n) is 10.1. The van der Waals surface area contributed by atoms with Crippen LogP contribution in [0.25, 0.3) is 5.69 Å². The van der Waals surface area contributed by atoms with Gasteiger partial charge in [-0.1, -0.05) is 43.9 Å². The molecule has 1 fully saturated rings. The van der Waals surface area contributed by atoms with Gasteiger partial charge >= 0.3 is 0 Å². The van der Waals surface area contributed by atoms with Crippen LogP contribution < -0.4 is 16.8 Å². The van der Waals surface area contributed by atoms with Gasteiger partial charge in [-0.2, -0.15) is 10.4 Å². The van der Waals surface area contributed by atoms with Gasteiger partial charge < -0.3 is 16.8 Å². The van der Waals surface area contributed by atoms with Gasteiger partial charge in [0.2, 0.25) is 0 Å². The topological polar surface area (TPSA) is 118 Å².